The molecule has 2 rings (SSSR count). The van der Waals surface area contributed by atoms with Gasteiger partial charge in [0.1, 0.15) is 0 Å². The van der Waals surface area contributed by atoms with Crippen LogP contribution in [0.4, 0.5) is 11.5 Å². The standard InChI is InChI=1S/C11H15N3O4/c1-8-2-3-10(14(16)17)11(12-8)13-4-5-18-9(6-13)7-15/h2-3,9,15H,4-7H2,1H3. The maximum absolute atomic E-state index is 11.0. The van der Waals surface area contributed by atoms with E-state index in [9.17, 15) is 10.1 Å². The van der Waals surface area contributed by atoms with E-state index < -0.39 is 4.92 Å². The van der Waals surface area contributed by atoms with Crippen LogP contribution in [0.5, 0.6) is 0 Å². The van der Waals surface area contributed by atoms with E-state index in [4.69, 9.17) is 9.84 Å². The van der Waals surface area contributed by atoms with Crippen LogP contribution in [0.1, 0.15) is 5.69 Å². The highest BCUT2D eigenvalue weighted by Gasteiger charge is 2.26. The lowest BCUT2D eigenvalue weighted by molar-refractivity contribution is -0.384. The van der Waals surface area contributed by atoms with Crippen LogP contribution >= 0.6 is 0 Å². The summed E-state index contributed by atoms with van der Waals surface area (Å²) < 4.78 is 5.32. The molecule has 1 unspecified atom stereocenters. The third-order valence-electron chi connectivity index (χ3n) is 2.83. The first-order valence-electron chi connectivity index (χ1n) is 5.71. The fourth-order valence-electron chi connectivity index (χ4n) is 1.93. The van der Waals surface area contributed by atoms with Crippen molar-refractivity contribution in [3.63, 3.8) is 0 Å². The van der Waals surface area contributed by atoms with Crippen molar-refractivity contribution < 1.29 is 14.8 Å². The summed E-state index contributed by atoms with van der Waals surface area (Å²) in [6.45, 7) is 3.06. The minimum atomic E-state index is -0.439. The van der Waals surface area contributed by atoms with Crippen LogP contribution < -0.4 is 4.90 Å². The molecule has 0 saturated carbocycles. The number of anilines is 1. The lowest BCUT2D eigenvalue weighted by atomic mass is 10.2. The van der Waals surface area contributed by atoms with Crippen LogP contribution in [0.2, 0.25) is 0 Å². The Labute approximate surface area is 104 Å². The zero-order chi connectivity index (χ0) is 13.1. The molecule has 1 atom stereocenters. The quantitative estimate of drug-likeness (QED) is 0.623. The first kappa shape index (κ1) is 12.7. The number of hydrogen-bond acceptors (Lipinski definition) is 6. The zero-order valence-electron chi connectivity index (χ0n) is 10.1. The van der Waals surface area contributed by atoms with Gasteiger partial charge in [-0.1, -0.05) is 0 Å². The summed E-state index contributed by atoms with van der Waals surface area (Å²) in [4.78, 5) is 16.6. The van der Waals surface area contributed by atoms with Gasteiger partial charge in [-0.15, -0.1) is 0 Å². The lowest BCUT2D eigenvalue weighted by Crippen LogP contribution is -2.44. The molecule has 0 radical (unpaired) electrons. The normalized spacial score (nSPS) is 19.9. The Morgan fingerprint density at radius 2 is 2.44 bits per heavy atom. The number of nitrogens with zero attached hydrogens (tertiary/aromatic N) is 3. The summed E-state index contributed by atoms with van der Waals surface area (Å²) in [5.74, 6) is 0.349. The van der Waals surface area contributed by atoms with E-state index in [1.807, 2.05) is 0 Å². The summed E-state index contributed by atoms with van der Waals surface area (Å²) in [5.41, 5.74) is 0.710. The van der Waals surface area contributed by atoms with E-state index in [1.165, 1.54) is 6.07 Å². The summed E-state index contributed by atoms with van der Waals surface area (Å²) in [5, 5.41) is 20.1. The highest BCUT2D eigenvalue weighted by atomic mass is 16.6. The van der Waals surface area contributed by atoms with E-state index in [0.29, 0.717) is 25.5 Å². The number of aromatic nitrogens is 1. The van der Waals surface area contributed by atoms with Gasteiger partial charge < -0.3 is 14.7 Å². The van der Waals surface area contributed by atoms with Gasteiger partial charge in [-0.25, -0.2) is 4.98 Å². The summed E-state index contributed by atoms with van der Waals surface area (Å²) in [7, 11) is 0. The van der Waals surface area contributed by atoms with Gasteiger partial charge in [0.25, 0.3) is 0 Å². The minimum absolute atomic E-state index is 0.0146. The molecular weight excluding hydrogens is 238 g/mol. The second kappa shape index (κ2) is 5.28. The number of hydrogen-bond donors (Lipinski definition) is 1. The number of nitro groups is 1. The molecule has 0 aliphatic carbocycles. The molecule has 1 N–H and O–H groups in total. The predicted molar refractivity (Wildman–Crippen MR) is 64.7 cm³/mol. The summed E-state index contributed by atoms with van der Waals surface area (Å²) in [6.07, 6.45) is -0.319. The molecule has 1 saturated heterocycles. The third kappa shape index (κ3) is 2.57. The SMILES string of the molecule is Cc1ccc([N+](=O)[O-])c(N2CCOC(CO)C2)n1. The van der Waals surface area contributed by atoms with E-state index in [2.05, 4.69) is 4.98 Å². The number of pyridine rings is 1. The molecule has 0 aromatic carbocycles. The molecule has 7 nitrogen and oxygen atoms in total. The fourth-order valence-corrected chi connectivity index (χ4v) is 1.93. The Hall–Kier alpha value is -1.73. The molecule has 1 aliphatic rings. The van der Waals surface area contributed by atoms with Gasteiger partial charge in [-0.2, -0.15) is 0 Å². The van der Waals surface area contributed by atoms with Crippen LogP contribution in [0, 0.1) is 17.0 Å². The molecule has 1 aromatic rings. The first-order valence-corrected chi connectivity index (χ1v) is 5.71. The minimum Gasteiger partial charge on any atom is -0.394 e. The van der Waals surface area contributed by atoms with Gasteiger partial charge in [-0.3, -0.25) is 10.1 Å². The largest absolute Gasteiger partial charge is 0.394 e. The smallest absolute Gasteiger partial charge is 0.311 e. The number of morpholine rings is 1. The lowest BCUT2D eigenvalue weighted by Gasteiger charge is -2.32. The Kier molecular flexibility index (Phi) is 3.73. The van der Waals surface area contributed by atoms with Crippen LogP contribution in [-0.4, -0.2) is 47.4 Å². The Morgan fingerprint density at radius 3 is 3.11 bits per heavy atom. The van der Waals surface area contributed by atoms with Crippen molar-refractivity contribution in [3.8, 4) is 0 Å². The summed E-state index contributed by atoms with van der Waals surface area (Å²) >= 11 is 0. The van der Waals surface area contributed by atoms with Crippen molar-refractivity contribution in [2.75, 3.05) is 31.2 Å². The van der Waals surface area contributed by atoms with Crippen LogP contribution in [0.25, 0.3) is 0 Å². The summed E-state index contributed by atoms with van der Waals surface area (Å²) in [6, 6.07) is 3.08. The van der Waals surface area contributed by atoms with Crippen LogP contribution in [-0.2, 0) is 4.74 Å². The number of ether oxygens (including phenoxy) is 1. The molecule has 1 aromatic heterocycles. The average molecular weight is 253 g/mol. The number of aliphatic hydroxyl groups is 1. The van der Waals surface area contributed by atoms with Gasteiger partial charge in [0, 0.05) is 24.8 Å². The topological polar surface area (TPSA) is 88.7 Å². The van der Waals surface area contributed by atoms with E-state index >= 15 is 0 Å². The van der Waals surface area contributed by atoms with Crippen molar-refractivity contribution in [3.05, 3.63) is 27.9 Å². The van der Waals surface area contributed by atoms with Gasteiger partial charge >= 0.3 is 5.69 Å². The van der Waals surface area contributed by atoms with E-state index in [1.54, 1.807) is 17.9 Å². The number of rotatable bonds is 3. The zero-order valence-corrected chi connectivity index (χ0v) is 10.1. The molecular formula is C11H15N3O4. The highest BCUT2D eigenvalue weighted by molar-refractivity contribution is 5.58. The molecule has 98 valence electrons. The molecule has 1 fully saturated rings. The fraction of sp³-hybridized carbons (Fsp3) is 0.545. The van der Waals surface area contributed by atoms with E-state index in [0.717, 1.165) is 5.69 Å². The Morgan fingerprint density at radius 1 is 1.67 bits per heavy atom. The van der Waals surface area contributed by atoms with Gasteiger partial charge in [-0.05, 0) is 13.0 Å². The van der Waals surface area contributed by atoms with Gasteiger partial charge in [0.05, 0.1) is 24.2 Å². The second-order valence-corrected chi connectivity index (χ2v) is 4.17. The monoisotopic (exact) mass is 253 g/mol. The van der Waals surface area contributed by atoms with E-state index in [-0.39, 0.29) is 18.4 Å². The molecule has 1 aliphatic heterocycles. The van der Waals surface area contributed by atoms with Crippen molar-refractivity contribution in [2.24, 2.45) is 0 Å². The first-order chi connectivity index (χ1) is 8.61. The Bertz CT molecular complexity index is 452. The van der Waals surface area contributed by atoms with Crippen LogP contribution in [0.3, 0.4) is 0 Å². The molecule has 2 heterocycles. The number of aryl methyl sites for hydroxylation is 1. The third-order valence-corrected chi connectivity index (χ3v) is 2.83. The molecule has 7 heteroatoms. The van der Waals surface area contributed by atoms with Crippen molar-refractivity contribution in [1.82, 2.24) is 4.98 Å². The predicted octanol–water partition coefficient (Wildman–Crippen LogP) is 0.496. The average Bonchev–Trinajstić information content (AvgIpc) is 2.38. The molecule has 0 bridgehead atoms. The maximum Gasteiger partial charge on any atom is 0.311 e. The van der Waals surface area contributed by atoms with Gasteiger partial charge in [0.15, 0.2) is 0 Å². The molecule has 0 spiro atoms. The number of aliphatic hydroxyl groups excluding tert-OH is 1. The molecule has 18 heavy (non-hydrogen) atoms. The second-order valence-electron chi connectivity index (χ2n) is 4.17. The van der Waals surface area contributed by atoms with Crippen molar-refractivity contribution in [2.45, 2.75) is 13.0 Å². The highest BCUT2D eigenvalue weighted by Crippen LogP contribution is 2.27. The van der Waals surface area contributed by atoms with Crippen LogP contribution in [0.15, 0.2) is 12.1 Å². The van der Waals surface area contributed by atoms with Gasteiger partial charge in [0.2, 0.25) is 5.82 Å². The maximum atomic E-state index is 11.0. The van der Waals surface area contributed by atoms with Crippen molar-refractivity contribution in [1.29, 1.82) is 0 Å². The van der Waals surface area contributed by atoms with Crippen molar-refractivity contribution >= 4 is 11.5 Å². The Balaban J connectivity index is 2.31. The molecule has 0 amide bonds.